The van der Waals surface area contributed by atoms with Crippen molar-refractivity contribution in [3.63, 3.8) is 0 Å². The number of carbonyl (C=O) groups excluding carboxylic acids is 2. The lowest BCUT2D eigenvalue weighted by Crippen LogP contribution is -2.46. The van der Waals surface area contributed by atoms with Crippen molar-refractivity contribution < 1.29 is 14.3 Å². The van der Waals surface area contributed by atoms with Gasteiger partial charge in [0.2, 0.25) is 5.91 Å². The normalized spacial score (nSPS) is 15.8. The van der Waals surface area contributed by atoms with E-state index < -0.39 is 6.04 Å². The van der Waals surface area contributed by atoms with Crippen molar-refractivity contribution in [1.82, 2.24) is 10.2 Å². The van der Waals surface area contributed by atoms with Crippen molar-refractivity contribution in [1.29, 1.82) is 0 Å². The second kappa shape index (κ2) is 6.41. The first-order valence-electron chi connectivity index (χ1n) is 6.86. The quantitative estimate of drug-likeness (QED) is 0.905. The minimum Gasteiger partial charge on any atom is -0.496 e. The van der Waals surface area contributed by atoms with E-state index in [4.69, 9.17) is 4.74 Å². The largest absolute Gasteiger partial charge is 0.496 e. The number of carbonyl (C=O) groups is 2. The van der Waals surface area contributed by atoms with E-state index in [1.54, 1.807) is 36.1 Å². The van der Waals surface area contributed by atoms with Crippen LogP contribution in [0.2, 0.25) is 0 Å². The molecule has 0 bridgehead atoms. The number of amides is 2. The summed E-state index contributed by atoms with van der Waals surface area (Å²) in [5, 5.41) is 2.74. The fourth-order valence-electron chi connectivity index (χ4n) is 2.38. The smallest absolute Gasteiger partial charge is 0.255 e. The molecule has 2 rings (SSSR count). The predicted molar refractivity (Wildman–Crippen MR) is 75.7 cm³/mol. The SMILES string of the molecule is COc1ccccc1C(=O)N[C@@H](C)C(=O)N1CCCC1. The summed E-state index contributed by atoms with van der Waals surface area (Å²) in [6.07, 6.45) is 2.08. The van der Waals surface area contributed by atoms with Crippen molar-refractivity contribution in [2.24, 2.45) is 0 Å². The van der Waals surface area contributed by atoms with Crippen LogP contribution in [0.15, 0.2) is 24.3 Å². The number of nitrogens with zero attached hydrogens (tertiary/aromatic N) is 1. The summed E-state index contributed by atoms with van der Waals surface area (Å²) in [6.45, 7) is 3.29. The van der Waals surface area contributed by atoms with Gasteiger partial charge in [0.05, 0.1) is 12.7 Å². The summed E-state index contributed by atoms with van der Waals surface area (Å²) < 4.78 is 5.15. The Morgan fingerprint density at radius 2 is 1.90 bits per heavy atom. The molecule has 1 aliphatic rings. The van der Waals surface area contributed by atoms with Crippen molar-refractivity contribution >= 4 is 11.8 Å². The maximum absolute atomic E-state index is 12.2. The zero-order valence-electron chi connectivity index (χ0n) is 11.9. The number of ether oxygens (including phenoxy) is 1. The van der Waals surface area contributed by atoms with Gasteiger partial charge in [-0.15, -0.1) is 0 Å². The van der Waals surface area contributed by atoms with Gasteiger partial charge in [0.25, 0.3) is 5.91 Å². The molecule has 1 N–H and O–H groups in total. The molecule has 0 radical (unpaired) electrons. The highest BCUT2D eigenvalue weighted by atomic mass is 16.5. The fourth-order valence-corrected chi connectivity index (χ4v) is 2.38. The van der Waals surface area contributed by atoms with Gasteiger partial charge >= 0.3 is 0 Å². The van der Waals surface area contributed by atoms with Gasteiger partial charge in [0.1, 0.15) is 11.8 Å². The standard InChI is InChI=1S/C15H20N2O3/c1-11(15(19)17-9-5-6-10-17)16-14(18)12-7-3-4-8-13(12)20-2/h3-4,7-8,11H,5-6,9-10H2,1-2H3,(H,16,18)/t11-/m0/s1. The Morgan fingerprint density at radius 1 is 1.25 bits per heavy atom. The molecule has 1 fully saturated rings. The van der Waals surface area contributed by atoms with Crippen molar-refractivity contribution in [3.05, 3.63) is 29.8 Å². The summed E-state index contributed by atoms with van der Waals surface area (Å²) in [7, 11) is 1.52. The third kappa shape index (κ3) is 3.10. The van der Waals surface area contributed by atoms with E-state index in [0.29, 0.717) is 11.3 Å². The Hall–Kier alpha value is -2.04. The van der Waals surface area contributed by atoms with E-state index in [1.165, 1.54) is 7.11 Å². The van der Waals surface area contributed by atoms with Crippen LogP contribution in [0.1, 0.15) is 30.1 Å². The molecule has 1 heterocycles. The molecule has 2 amide bonds. The molecule has 108 valence electrons. The van der Waals surface area contributed by atoms with E-state index in [9.17, 15) is 9.59 Å². The van der Waals surface area contributed by atoms with Crippen LogP contribution in [0.5, 0.6) is 5.75 Å². The van der Waals surface area contributed by atoms with E-state index >= 15 is 0 Å². The van der Waals surface area contributed by atoms with Crippen LogP contribution in [0.25, 0.3) is 0 Å². The number of nitrogens with one attached hydrogen (secondary N) is 1. The highest BCUT2D eigenvalue weighted by Gasteiger charge is 2.25. The van der Waals surface area contributed by atoms with Crippen LogP contribution < -0.4 is 10.1 Å². The fraction of sp³-hybridized carbons (Fsp3) is 0.467. The lowest BCUT2D eigenvalue weighted by Gasteiger charge is -2.21. The van der Waals surface area contributed by atoms with Crippen molar-refractivity contribution in [3.8, 4) is 5.75 Å². The lowest BCUT2D eigenvalue weighted by molar-refractivity contribution is -0.131. The summed E-state index contributed by atoms with van der Waals surface area (Å²) in [6, 6.07) is 6.45. The number of methoxy groups -OCH3 is 1. The van der Waals surface area contributed by atoms with Gasteiger partial charge in [-0.05, 0) is 31.9 Å². The van der Waals surface area contributed by atoms with Gasteiger partial charge in [0.15, 0.2) is 0 Å². The minimum absolute atomic E-state index is 0.0225. The van der Waals surface area contributed by atoms with E-state index in [0.717, 1.165) is 25.9 Å². The second-order valence-corrected chi connectivity index (χ2v) is 4.93. The average Bonchev–Trinajstić information content (AvgIpc) is 3.00. The molecule has 1 atom stereocenters. The Bertz CT molecular complexity index is 496. The highest BCUT2D eigenvalue weighted by Crippen LogP contribution is 2.17. The lowest BCUT2D eigenvalue weighted by atomic mass is 10.1. The van der Waals surface area contributed by atoms with Crippen molar-refractivity contribution in [2.75, 3.05) is 20.2 Å². The number of hydrogen-bond acceptors (Lipinski definition) is 3. The average molecular weight is 276 g/mol. The molecule has 0 aromatic heterocycles. The molecule has 0 unspecified atom stereocenters. The van der Waals surface area contributed by atoms with Crippen molar-refractivity contribution in [2.45, 2.75) is 25.8 Å². The van der Waals surface area contributed by atoms with Crippen LogP contribution in [0.3, 0.4) is 0 Å². The number of likely N-dealkylation sites (tertiary alicyclic amines) is 1. The van der Waals surface area contributed by atoms with Crippen LogP contribution in [-0.2, 0) is 4.79 Å². The topological polar surface area (TPSA) is 58.6 Å². The molecule has 5 heteroatoms. The van der Waals surface area contributed by atoms with Gasteiger partial charge in [-0.3, -0.25) is 9.59 Å². The Balaban J connectivity index is 2.01. The Kier molecular flexibility index (Phi) is 4.61. The number of hydrogen-bond donors (Lipinski definition) is 1. The molecule has 0 aliphatic carbocycles. The maximum Gasteiger partial charge on any atom is 0.255 e. The number of para-hydroxylation sites is 1. The molecule has 0 spiro atoms. The molecule has 1 aromatic rings. The van der Waals surface area contributed by atoms with E-state index in [2.05, 4.69) is 5.32 Å². The first kappa shape index (κ1) is 14.4. The molecule has 1 aliphatic heterocycles. The zero-order valence-corrected chi connectivity index (χ0v) is 11.9. The van der Waals surface area contributed by atoms with Gasteiger partial charge in [-0.25, -0.2) is 0 Å². The molecule has 1 aromatic carbocycles. The number of benzene rings is 1. The zero-order chi connectivity index (χ0) is 14.5. The summed E-state index contributed by atoms with van der Waals surface area (Å²) >= 11 is 0. The van der Waals surface area contributed by atoms with Crippen LogP contribution in [0, 0.1) is 0 Å². The minimum atomic E-state index is -0.523. The van der Waals surface area contributed by atoms with Crippen LogP contribution in [0.4, 0.5) is 0 Å². The monoisotopic (exact) mass is 276 g/mol. The molecular formula is C15H20N2O3. The third-order valence-electron chi connectivity index (χ3n) is 3.49. The molecule has 5 nitrogen and oxygen atoms in total. The summed E-state index contributed by atoms with van der Waals surface area (Å²) in [4.78, 5) is 26.1. The first-order chi connectivity index (χ1) is 9.63. The predicted octanol–water partition coefficient (Wildman–Crippen LogP) is 1.44. The summed E-state index contributed by atoms with van der Waals surface area (Å²) in [5.41, 5.74) is 0.441. The van der Waals surface area contributed by atoms with Gasteiger partial charge in [-0.1, -0.05) is 12.1 Å². The third-order valence-corrected chi connectivity index (χ3v) is 3.49. The molecule has 1 saturated heterocycles. The second-order valence-electron chi connectivity index (χ2n) is 4.93. The molecule has 0 saturated carbocycles. The van der Waals surface area contributed by atoms with Gasteiger partial charge < -0.3 is 15.0 Å². The number of rotatable bonds is 4. The maximum atomic E-state index is 12.2. The van der Waals surface area contributed by atoms with Gasteiger partial charge in [-0.2, -0.15) is 0 Å². The van der Waals surface area contributed by atoms with E-state index in [1.807, 2.05) is 0 Å². The van der Waals surface area contributed by atoms with Gasteiger partial charge in [0, 0.05) is 13.1 Å². The Morgan fingerprint density at radius 3 is 2.55 bits per heavy atom. The summed E-state index contributed by atoms with van der Waals surface area (Å²) in [5.74, 6) is 0.194. The molecular weight excluding hydrogens is 256 g/mol. The van der Waals surface area contributed by atoms with E-state index in [-0.39, 0.29) is 11.8 Å². The van der Waals surface area contributed by atoms with Crippen LogP contribution in [-0.4, -0.2) is 43.0 Å². The van der Waals surface area contributed by atoms with Crippen LogP contribution >= 0.6 is 0 Å². The first-order valence-corrected chi connectivity index (χ1v) is 6.86. The Labute approximate surface area is 118 Å². The molecule has 20 heavy (non-hydrogen) atoms. The highest BCUT2D eigenvalue weighted by molar-refractivity contribution is 5.99.